The van der Waals surface area contributed by atoms with Crippen molar-refractivity contribution in [2.45, 2.75) is 0 Å². The van der Waals surface area contributed by atoms with E-state index in [4.69, 9.17) is 0 Å². The van der Waals surface area contributed by atoms with E-state index in [1.165, 1.54) is 10.8 Å². The number of nitriles is 3. The Kier molecular flexibility index (Phi) is 6.56. The van der Waals surface area contributed by atoms with Crippen molar-refractivity contribution in [2.24, 2.45) is 0 Å². The minimum absolute atomic E-state index is 0.537. The maximum atomic E-state index is 10.5. The zero-order valence-corrected chi connectivity index (χ0v) is 26.7. The quantitative estimate of drug-likeness (QED) is 0.193. The molecule has 0 radical (unpaired) electrons. The first-order valence-corrected chi connectivity index (χ1v) is 16.3. The van der Waals surface area contributed by atoms with Crippen LogP contribution in [0.4, 0.5) is 0 Å². The Balaban J connectivity index is 1.19. The van der Waals surface area contributed by atoms with Crippen molar-refractivity contribution in [3.05, 3.63) is 168 Å². The average Bonchev–Trinajstić information content (AvgIpc) is 3.69. The minimum Gasteiger partial charge on any atom is -0.309 e. The molecule has 50 heavy (non-hydrogen) atoms. The van der Waals surface area contributed by atoms with Crippen LogP contribution in [0.5, 0.6) is 0 Å². The van der Waals surface area contributed by atoms with Gasteiger partial charge in [-0.15, -0.1) is 0 Å². The Bertz CT molecular complexity index is 2920. The fourth-order valence-electron chi connectivity index (χ4n) is 7.40. The van der Waals surface area contributed by atoms with E-state index in [1.54, 1.807) is 12.1 Å². The van der Waals surface area contributed by atoms with Gasteiger partial charge in [0, 0.05) is 32.8 Å². The molecule has 0 atom stereocenters. The highest BCUT2D eigenvalue weighted by Crippen LogP contribution is 2.39. The monoisotopic (exact) mass is 635 g/mol. The molecule has 9 rings (SSSR count). The lowest BCUT2D eigenvalue weighted by atomic mass is 9.95. The Labute approximate surface area is 287 Å². The molecule has 0 saturated heterocycles. The Morgan fingerprint density at radius 1 is 0.380 bits per heavy atom. The normalized spacial score (nSPS) is 11.1. The van der Waals surface area contributed by atoms with Crippen molar-refractivity contribution in [3.63, 3.8) is 0 Å². The first-order valence-electron chi connectivity index (χ1n) is 16.3. The summed E-state index contributed by atoms with van der Waals surface area (Å²) in [4.78, 5) is 0. The van der Waals surface area contributed by atoms with Crippen LogP contribution in [0.1, 0.15) is 16.7 Å². The molecule has 0 aliphatic heterocycles. The van der Waals surface area contributed by atoms with E-state index in [2.05, 4.69) is 112 Å². The zero-order chi connectivity index (χ0) is 33.8. The van der Waals surface area contributed by atoms with Gasteiger partial charge in [0.15, 0.2) is 0 Å². The summed E-state index contributed by atoms with van der Waals surface area (Å²) < 4.78 is 4.40. The number of rotatable bonds is 4. The van der Waals surface area contributed by atoms with E-state index >= 15 is 0 Å². The van der Waals surface area contributed by atoms with Gasteiger partial charge < -0.3 is 9.13 Å². The third-order valence-corrected chi connectivity index (χ3v) is 9.62. The van der Waals surface area contributed by atoms with Crippen molar-refractivity contribution in [2.75, 3.05) is 0 Å². The zero-order valence-electron chi connectivity index (χ0n) is 26.7. The molecule has 0 fully saturated rings. The first kappa shape index (κ1) is 28.8. The number of fused-ring (bicyclic) bond motifs is 6. The molecule has 0 amide bonds. The third-order valence-electron chi connectivity index (χ3n) is 9.62. The van der Waals surface area contributed by atoms with Gasteiger partial charge >= 0.3 is 0 Å². The molecule has 0 aliphatic rings. The molecule has 9 aromatic rings. The molecular formula is C45H25N5. The van der Waals surface area contributed by atoms with Crippen LogP contribution in [0.25, 0.3) is 77.2 Å². The number of hydrogen-bond acceptors (Lipinski definition) is 3. The van der Waals surface area contributed by atoms with Gasteiger partial charge in [0.25, 0.3) is 0 Å². The van der Waals surface area contributed by atoms with Gasteiger partial charge in [-0.1, -0.05) is 84.9 Å². The summed E-state index contributed by atoms with van der Waals surface area (Å²) in [5.74, 6) is 0. The number of nitrogens with zero attached hydrogens (tertiary/aromatic N) is 5. The van der Waals surface area contributed by atoms with Gasteiger partial charge in [-0.25, -0.2) is 0 Å². The first-order chi connectivity index (χ1) is 24.7. The summed E-state index contributed by atoms with van der Waals surface area (Å²) in [6.45, 7) is 0. The van der Waals surface area contributed by atoms with Crippen molar-refractivity contribution in [1.82, 2.24) is 9.13 Å². The van der Waals surface area contributed by atoms with E-state index in [-0.39, 0.29) is 0 Å². The second-order valence-corrected chi connectivity index (χ2v) is 12.3. The highest BCUT2D eigenvalue weighted by Gasteiger charge is 2.18. The van der Waals surface area contributed by atoms with Crippen molar-refractivity contribution in [3.8, 4) is 51.8 Å². The largest absolute Gasteiger partial charge is 0.309 e. The summed E-state index contributed by atoms with van der Waals surface area (Å²) in [7, 11) is 0. The Hall–Kier alpha value is -7.39. The summed E-state index contributed by atoms with van der Waals surface area (Å²) >= 11 is 0. The molecule has 5 nitrogen and oxygen atoms in total. The van der Waals surface area contributed by atoms with Crippen LogP contribution in [-0.2, 0) is 0 Å². The summed E-state index contributed by atoms with van der Waals surface area (Å²) in [6.07, 6.45) is 0. The Morgan fingerprint density at radius 2 is 1.00 bits per heavy atom. The molecule has 0 aliphatic carbocycles. The summed E-state index contributed by atoms with van der Waals surface area (Å²) in [5.41, 5.74) is 11.5. The Morgan fingerprint density at radius 3 is 1.74 bits per heavy atom. The van der Waals surface area contributed by atoms with Crippen LogP contribution in [-0.4, -0.2) is 9.13 Å². The van der Waals surface area contributed by atoms with E-state index in [9.17, 15) is 15.8 Å². The van der Waals surface area contributed by atoms with Gasteiger partial charge in [0.1, 0.15) is 0 Å². The number of para-hydroxylation sites is 3. The van der Waals surface area contributed by atoms with Gasteiger partial charge in [0.2, 0.25) is 0 Å². The lowest BCUT2D eigenvalue weighted by Crippen LogP contribution is -1.98. The molecule has 0 N–H and O–H groups in total. The van der Waals surface area contributed by atoms with Crippen molar-refractivity contribution >= 4 is 43.6 Å². The predicted octanol–water partition coefficient (Wildman–Crippen LogP) is 10.8. The van der Waals surface area contributed by atoms with Gasteiger partial charge in [-0.05, 0) is 83.4 Å². The van der Waals surface area contributed by atoms with E-state index in [0.29, 0.717) is 16.7 Å². The molecule has 0 saturated carbocycles. The lowest BCUT2D eigenvalue weighted by Gasteiger charge is -2.15. The van der Waals surface area contributed by atoms with Crippen LogP contribution < -0.4 is 0 Å². The van der Waals surface area contributed by atoms with Gasteiger partial charge in [-0.3, -0.25) is 0 Å². The highest BCUT2D eigenvalue weighted by molar-refractivity contribution is 6.11. The molecule has 0 unspecified atom stereocenters. The maximum Gasteiger partial charge on any atom is 0.0998 e. The van der Waals surface area contributed by atoms with E-state index in [0.717, 1.165) is 66.5 Å². The number of aromatic nitrogens is 2. The smallest absolute Gasteiger partial charge is 0.0998 e. The molecule has 0 spiro atoms. The SMILES string of the molecule is N#Cc1ccc2c(c1)c1ccc(C#N)cc1n2-c1ccc(-c2cccc(-c3ccccc3-n3c4ccccc4c4ccccc43)c2)c(C#N)c1. The van der Waals surface area contributed by atoms with Crippen LogP contribution >= 0.6 is 0 Å². The van der Waals surface area contributed by atoms with Crippen LogP contribution in [0.3, 0.4) is 0 Å². The fourth-order valence-corrected chi connectivity index (χ4v) is 7.40. The van der Waals surface area contributed by atoms with E-state index in [1.807, 2.05) is 54.6 Å². The molecule has 5 heteroatoms. The summed E-state index contributed by atoms with van der Waals surface area (Å²) in [6, 6.07) is 57.9. The summed E-state index contributed by atoms with van der Waals surface area (Å²) in [5, 5.41) is 34.0. The van der Waals surface area contributed by atoms with Gasteiger partial charge in [-0.2, -0.15) is 15.8 Å². The fraction of sp³-hybridized carbons (Fsp3) is 0. The molecule has 7 aromatic carbocycles. The molecule has 2 aromatic heterocycles. The second kappa shape index (κ2) is 11.4. The molecule has 0 bridgehead atoms. The number of benzene rings is 7. The minimum atomic E-state index is 0.537. The van der Waals surface area contributed by atoms with E-state index < -0.39 is 0 Å². The highest BCUT2D eigenvalue weighted by atomic mass is 15.0. The predicted molar refractivity (Wildman–Crippen MR) is 200 cm³/mol. The lowest BCUT2D eigenvalue weighted by molar-refractivity contribution is 1.17. The molecule has 230 valence electrons. The van der Waals surface area contributed by atoms with Crippen LogP contribution in [0, 0.1) is 34.0 Å². The van der Waals surface area contributed by atoms with Crippen LogP contribution in [0.15, 0.2) is 152 Å². The van der Waals surface area contributed by atoms with Crippen LogP contribution in [0.2, 0.25) is 0 Å². The standard InChI is InChI=1S/C45H25N5/c46-26-29-17-21-44-40(22-29)39-19-16-30(27-47)23-45(39)49(44)34-18-20-35(33(25-34)28-48)31-8-7-9-32(24-31)36-10-1-4-13-41(36)50-42-14-5-2-11-37(42)38-12-3-6-15-43(38)50/h1-25H. The second-order valence-electron chi connectivity index (χ2n) is 12.3. The topological polar surface area (TPSA) is 81.2 Å². The molecular weight excluding hydrogens is 611 g/mol. The third kappa shape index (κ3) is 4.38. The maximum absolute atomic E-state index is 10.5. The number of hydrogen-bond donors (Lipinski definition) is 0. The van der Waals surface area contributed by atoms with Crippen molar-refractivity contribution in [1.29, 1.82) is 15.8 Å². The molecule has 2 heterocycles. The van der Waals surface area contributed by atoms with Gasteiger partial charge in [0.05, 0.1) is 62.7 Å². The van der Waals surface area contributed by atoms with Crippen molar-refractivity contribution < 1.29 is 0 Å². The average molecular weight is 636 g/mol.